The first-order valence-electron chi connectivity index (χ1n) is 5.86. The molecule has 0 saturated carbocycles. The number of sulfonamides is 1. The summed E-state index contributed by atoms with van der Waals surface area (Å²) < 4.78 is 26.8. The molecular formula is C14H13N3O2S. The van der Waals surface area contributed by atoms with Gasteiger partial charge in [-0.2, -0.15) is 5.26 Å². The van der Waals surface area contributed by atoms with E-state index in [9.17, 15) is 8.42 Å². The Morgan fingerprint density at radius 3 is 2.35 bits per heavy atom. The van der Waals surface area contributed by atoms with Crippen LogP contribution in [0.3, 0.4) is 0 Å². The molecule has 2 rings (SSSR count). The number of benzene rings is 2. The highest BCUT2D eigenvalue weighted by Crippen LogP contribution is 2.18. The first-order valence-corrected chi connectivity index (χ1v) is 7.34. The molecule has 0 aromatic heterocycles. The summed E-state index contributed by atoms with van der Waals surface area (Å²) >= 11 is 0. The summed E-state index contributed by atoms with van der Waals surface area (Å²) in [6, 6.07) is 14.7. The Labute approximate surface area is 117 Å². The number of nitrogens with zero attached hydrogens (tertiary/aromatic N) is 1. The van der Waals surface area contributed by atoms with E-state index in [1.54, 1.807) is 37.4 Å². The maximum atomic E-state index is 12.2. The van der Waals surface area contributed by atoms with E-state index in [4.69, 9.17) is 5.26 Å². The second-order valence-corrected chi connectivity index (χ2v) is 5.75. The van der Waals surface area contributed by atoms with Crippen LogP contribution in [0, 0.1) is 11.3 Å². The highest BCUT2D eigenvalue weighted by atomic mass is 32.2. The van der Waals surface area contributed by atoms with Crippen LogP contribution in [0.25, 0.3) is 0 Å². The van der Waals surface area contributed by atoms with Gasteiger partial charge in [-0.05, 0) is 42.5 Å². The maximum Gasteiger partial charge on any atom is 0.261 e. The Balaban J connectivity index is 2.28. The standard InChI is InChI=1S/C14H13N3O2S/c1-16-12-5-7-14(8-6-12)20(18,19)17-13-4-2-3-11(9-13)10-15/h2-9,16-17H,1H3. The predicted octanol–water partition coefficient (Wildman–Crippen LogP) is 2.40. The average Bonchev–Trinajstić information content (AvgIpc) is 2.47. The van der Waals surface area contributed by atoms with Gasteiger partial charge >= 0.3 is 0 Å². The van der Waals surface area contributed by atoms with Gasteiger partial charge in [-0.1, -0.05) is 6.07 Å². The molecule has 0 fully saturated rings. The number of rotatable bonds is 4. The van der Waals surface area contributed by atoms with Gasteiger partial charge in [0.15, 0.2) is 0 Å². The van der Waals surface area contributed by atoms with Gasteiger partial charge in [-0.15, -0.1) is 0 Å². The lowest BCUT2D eigenvalue weighted by molar-refractivity contribution is 0.601. The molecule has 6 heteroatoms. The molecule has 0 heterocycles. The molecule has 0 radical (unpaired) electrons. The minimum atomic E-state index is -3.65. The van der Waals surface area contributed by atoms with E-state index in [1.165, 1.54) is 18.2 Å². The van der Waals surface area contributed by atoms with E-state index in [0.29, 0.717) is 11.3 Å². The van der Waals surface area contributed by atoms with Gasteiger partial charge in [0.2, 0.25) is 0 Å². The molecule has 0 aliphatic carbocycles. The Bertz CT molecular complexity index is 747. The fourth-order valence-corrected chi connectivity index (χ4v) is 2.72. The summed E-state index contributed by atoms with van der Waals surface area (Å²) in [5, 5.41) is 11.7. The molecule has 102 valence electrons. The summed E-state index contributed by atoms with van der Waals surface area (Å²) in [6.45, 7) is 0. The van der Waals surface area contributed by atoms with Crippen molar-refractivity contribution in [3.63, 3.8) is 0 Å². The minimum Gasteiger partial charge on any atom is -0.388 e. The largest absolute Gasteiger partial charge is 0.388 e. The van der Waals surface area contributed by atoms with E-state index in [-0.39, 0.29) is 4.90 Å². The highest BCUT2D eigenvalue weighted by molar-refractivity contribution is 7.92. The molecule has 0 saturated heterocycles. The number of hydrogen-bond donors (Lipinski definition) is 2. The van der Waals surface area contributed by atoms with Crippen LogP contribution in [0.4, 0.5) is 11.4 Å². The van der Waals surface area contributed by atoms with Crippen molar-refractivity contribution in [1.82, 2.24) is 0 Å². The van der Waals surface area contributed by atoms with E-state index in [2.05, 4.69) is 10.0 Å². The Morgan fingerprint density at radius 1 is 1.05 bits per heavy atom. The van der Waals surface area contributed by atoms with Crippen molar-refractivity contribution in [2.45, 2.75) is 4.90 Å². The monoisotopic (exact) mass is 287 g/mol. The minimum absolute atomic E-state index is 0.166. The molecule has 0 spiro atoms. The third kappa shape index (κ3) is 3.08. The molecule has 0 atom stereocenters. The van der Waals surface area contributed by atoms with Crippen molar-refractivity contribution < 1.29 is 8.42 Å². The summed E-state index contributed by atoms with van der Waals surface area (Å²) in [5.74, 6) is 0. The molecule has 0 bridgehead atoms. The van der Waals surface area contributed by atoms with Gasteiger partial charge in [-0.3, -0.25) is 4.72 Å². The molecule has 0 unspecified atom stereocenters. The molecule has 2 N–H and O–H groups in total. The summed E-state index contributed by atoms with van der Waals surface area (Å²) in [7, 11) is -1.89. The van der Waals surface area contributed by atoms with Crippen LogP contribution in [-0.2, 0) is 10.0 Å². The Hall–Kier alpha value is -2.52. The molecule has 0 aliphatic heterocycles. The maximum absolute atomic E-state index is 12.2. The van der Waals surface area contributed by atoms with Crippen LogP contribution in [0.5, 0.6) is 0 Å². The second kappa shape index (κ2) is 5.63. The fourth-order valence-electron chi connectivity index (χ4n) is 1.67. The van der Waals surface area contributed by atoms with Gasteiger partial charge in [0.1, 0.15) is 0 Å². The van der Waals surface area contributed by atoms with Gasteiger partial charge in [0.05, 0.1) is 22.2 Å². The quantitative estimate of drug-likeness (QED) is 0.904. The van der Waals surface area contributed by atoms with Crippen molar-refractivity contribution in [1.29, 1.82) is 5.26 Å². The van der Waals surface area contributed by atoms with Crippen molar-refractivity contribution >= 4 is 21.4 Å². The predicted molar refractivity (Wildman–Crippen MR) is 78.0 cm³/mol. The average molecular weight is 287 g/mol. The van der Waals surface area contributed by atoms with Crippen molar-refractivity contribution in [3.8, 4) is 6.07 Å². The lowest BCUT2D eigenvalue weighted by Gasteiger charge is -2.09. The van der Waals surface area contributed by atoms with E-state index < -0.39 is 10.0 Å². The topological polar surface area (TPSA) is 82.0 Å². The third-order valence-corrected chi connectivity index (χ3v) is 4.09. The van der Waals surface area contributed by atoms with Crippen molar-refractivity contribution in [3.05, 3.63) is 54.1 Å². The normalized spacial score (nSPS) is 10.6. The number of nitrogens with one attached hydrogen (secondary N) is 2. The number of anilines is 2. The molecule has 2 aromatic carbocycles. The van der Waals surface area contributed by atoms with Crippen molar-refractivity contribution in [2.75, 3.05) is 17.1 Å². The lowest BCUT2D eigenvalue weighted by Crippen LogP contribution is -2.12. The summed E-state index contributed by atoms with van der Waals surface area (Å²) in [5.41, 5.74) is 1.59. The fraction of sp³-hybridized carbons (Fsp3) is 0.0714. The smallest absolute Gasteiger partial charge is 0.261 e. The SMILES string of the molecule is CNc1ccc(S(=O)(=O)Nc2cccc(C#N)c2)cc1. The van der Waals surface area contributed by atoms with Crippen LogP contribution in [0.1, 0.15) is 5.56 Å². The first-order chi connectivity index (χ1) is 9.55. The molecule has 20 heavy (non-hydrogen) atoms. The molecule has 5 nitrogen and oxygen atoms in total. The highest BCUT2D eigenvalue weighted by Gasteiger charge is 2.14. The number of nitriles is 1. The van der Waals surface area contributed by atoms with Crippen LogP contribution >= 0.6 is 0 Å². The molecule has 0 aliphatic rings. The van der Waals surface area contributed by atoms with Gasteiger partial charge < -0.3 is 5.32 Å². The van der Waals surface area contributed by atoms with E-state index >= 15 is 0 Å². The summed E-state index contributed by atoms with van der Waals surface area (Å²) in [6.07, 6.45) is 0. The Morgan fingerprint density at radius 2 is 1.75 bits per heavy atom. The third-order valence-electron chi connectivity index (χ3n) is 2.70. The van der Waals surface area contributed by atoms with Gasteiger partial charge in [-0.25, -0.2) is 8.42 Å². The molecular weight excluding hydrogens is 274 g/mol. The lowest BCUT2D eigenvalue weighted by atomic mass is 10.2. The van der Waals surface area contributed by atoms with E-state index in [0.717, 1.165) is 5.69 Å². The van der Waals surface area contributed by atoms with E-state index in [1.807, 2.05) is 6.07 Å². The van der Waals surface area contributed by atoms with Crippen LogP contribution in [0.15, 0.2) is 53.4 Å². The summed E-state index contributed by atoms with van der Waals surface area (Å²) in [4.78, 5) is 0.166. The van der Waals surface area contributed by atoms with Crippen LogP contribution < -0.4 is 10.0 Å². The van der Waals surface area contributed by atoms with Gasteiger partial charge in [0.25, 0.3) is 10.0 Å². The van der Waals surface area contributed by atoms with Gasteiger partial charge in [0, 0.05) is 12.7 Å². The van der Waals surface area contributed by atoms with Crippen molar-refractivity contribution in [2.24, 2.45) is 0 Å². The zero-order valence-corrected chi connectivity index (χ0v) is 11.6. The van der Waals surface area contributed by atoms with Crippen LogP contribution in [-0.4, -0.2) is 15.5 Å². The number of hydrogen-bond acceptors (Lipinski definition) is 4. The molecule has 0 amide bonds. The second-order valence-electron chi connectivity index (χ2n) is 4.07. The zero-order chi connectivity index (χ0) is 14.6. The van der Waals surface area contributed by atoms with Crippen LogP contribution in [0.2, 0.25) is 0 Å². The first kappa shape index (κ1) is 13.9. The zero-order valence-electron chi connectivity index (χ0n) is 10.8. The Kier molecular flexibility index (Phi) is 3.91. The molecule has 2 aromatic rings.